The minimum absolute atomic E-state index is 0.0251. The number of hydrogen-bond acceptors (Lipinski definition) is 8. The first kappa shape index (κ1) is 19.9. The molecule has 1 N–H and O–H groups in total. The summed E-state index contributed by atoms with van der Waals surface area (Å²) in [5.74, 6) is 0.885. The molecule has 11 heteroatoms. The second kappa shape index (κ2) is 8.53. The topological polar surface area (TPSA) is 142 Å². The van der Waals surface area contributed by atoms with Crippen LogP contribution >= 0.6 is 0 Å². The molecular weight excluding hydrogens is 402 g/mol. The molecule has 4 aromatic rings. The average Bonchev–Trinajstić information content (AvgIpc) is 3.39. The van der Waals surface area contributed by atoms with Crippen molar-refractivity contribution in [3.8, 4) is 17.2 Å². The molecule has 3 heterocycles. The van der Waals surface area contributed by atoms with Crippen LogP contribution in [0.5, 0.6) is 0 Å². The number of benzene rings is 1. The quantitative estimate of drug-likeness (QED) is 0.356. The lowest BCUT2D eigenvalue weighted by atomic mass is 10.3. The van der Waals surface area contributed by atoms with E-state index >= 15 is 0 Å². The molecule has 3 aromatic heterocycles. The molecule has 4 rings (SSSR count). The molecule has 0 aliphatic heterocycles. The third-order valence-electron chi connectivity index (χ3n) is 4.33. The highest BCUT2D eigenvalue weighted by Gasteiger charge is 2.15. The SMILES string of the molecule is Cc1cc(NC(=O)CCc2nc(-c3ccccn3)no2)n(-c2ccc([N+](=O)[O-])cc2)n1. The zero-order chi connectivity index (χ0) is 21.8. The standard InChI is InChI=1S/C20H17N7O4/c1-13-12-17(26(24-13)14-5-7-15(8-6-14)27(29)30)22-18(28)9-10-19-23-20(25-31-19)16-4-2-3-11-21-16/h2-8,11-12H,9-10H2,1H3,(H,22,28). The fourth-order valence-electron chi connectivity index (χ4n) is 2.88. The number of aromatic nitrogens is 5. The van der Waals surface area contributed by atoms with Crippen molar-refractivity contribution >= 4 is 17.4 Å². The van der Waals surface area contributed by atoms with Crippen molar-refractivity contribution < 1.29 is 14.2 Å². The van der Waals surface area contributed by atoms with Gasteiger partial charge in [0.25, 0.3) is 5.69 Å². The smallest absolute Gasteiger partial charge is 0.269 e. The summed E-state index contributed by atoms with van der Waals surface area (Å²) < 4.78 is 6.71. The van der Waals surface area contributed by atoms with Crippen LogP contribution in [0.25, 0.3) is 17.2 Å². The Morgan fingerprint density at radius 2 is 2.03 bits per heavy atom. The van der Waals surface area contributed by atoms with E-state index < -0.39 is 4.92 Å². The Balaban J connectivity index is 1.41. The lowest BCUT2D eigenvalue weighted by Crippen LogP contribution is -2.15. The van der Waals surface area contributed by atoms with Gasteiger partial charge < -0.3 is 9.84 Å². The summed E-state index contributed by atoms with van der Waals surface area (Å²) in [5.41, 5.74) is 1.84. The molecule has 0 bridgehead atoms. The first-order valence-electron chi connectivity index (χ1n) is 9.35. The number of anilines is 1. The molecule has 0 radical (unpaired) electrons. The molecule has 1 aromatic carbocycles. The van der Waals surface area contributed by atoms with E-state index in [1.54, 1.807) is 43.5 Å². The van der Waals surface area contributed by atoms with E-state index in [2.05, 4.69) is 25.5 Å². The lowest BCUT2D eigenvalue weighted by molar-refractivity contribution is -0.384. The highest BCUT2D eigenvalue weighted by molar-refractivity contribution is 5.90. The number of nitro benzene ring substituents is 1. The van der Waals surface area contributed by atoms with E-state index in [1.165, 1.54) is 16.8 Å². The van der Waals surface area contributed by atoms with Crippen LogP contribution in [0.4, 0.5) is 11.5 Å². The summed E-state index contributed by atoms with van der Waals surface area (Å²) in [6.45, 7) is 1.79. The van der Waals surface area contributed by atoms with Crippen molar-refractivity contribution in [1.82, 2.24) is 24.9 Å². The van der Waals surface area contributed by atoms with Crippen molar-refractivity contribution in [2.24, 2.45) is 0 Å². The highest BCUT2D eigenvalue weighted by Crippen LogP contribution is 2.20. The zero-order valence-electron chi connectivity index (χ0n) is 16.4. The number of rotatable bonds is 7. The minimum Gasteiger partial charge on any atom is -0.339 e. The van der Waals surface area contributed by atoms with Gasteiger partial charge in [-0.2, -0.15) is 10.1 Å². The third-order valence-corrected chi connectivity index (χ3v) is 4.33. The number of pyridine rings is 1. The maximum absolute atomic E-state index is 12.5. The second-order valence-corrected chi connectivity index (χ2v) is 6.63. The fourth-order valence-corrected chi connectivity index (χ4v) is 2.88. The number of nitrogens with one attached hydrogen (secondary N) is 1. The highest BCUT2D eigenvalue weighted by atomic mass is 16.6. The Kier molecular flexibility index (Phi) is 5.47. The number of nitrogens with zero attached hydrogens (tertiary/aromatic N) is 6. The summed E-state index contributed by atoms with van der Waals surface area (Å²) >= 11 is 0. The monoisotopic (exact) mass is 419 g/mol. The molecule has 156 valence electrons. The number of carbonyl (C=O) groups is 1. The molecule has 1 amide bonds. The molecule has 0 saturated carbocycles. The second-order valence-electron chi connectivity index (χ2n) is 6.63. The summed E-state index contributed by atoms with van der Waals surface area (Å²) in [4.78, 5) is 31.2. The maximum Gasteiger partial charge on any atom is 0.269 e. The molecule has 0 aliphatic carbocycles. The van der Waals surface area contributed by atoms with Gasteiger partial charge in [0.05, 0.1) is 16.3 Å². The van der Waals surface area contributed by atoms with Gasteiger partial charge >= 0.3 is 0 Å². The first-order valence-corrected chi connectivity index (χ1v) is 9.35. The Hall–Kier alpha value is -4.41. The van der Waals surface area contributed by atoms with Crippen LogP contribution in [-0.4, -0.2) is 35.7 Å². The molecule has 0 aliphatic rings. The molecule has 0 saturated heterocycles. The van der Waals surface area contributed by atoms with Crippen LogP contribution in [0.3, 0.4) is 0 Å². The van der Waals surface area contributed by atoms with Crippen LogP contribution in [-0.2, 0) is 11.2 Å². The molecule has 0 atom stereocenters. The summed E-state index contributed by atoms with van der Waals surface area (Å²) in [6.07, 6.45) is 2.01. The summed E-state index contributed by atoms with van der Waals surface area (Å²) in [5, 5.41) is 21.9. The van der Waals surface area contributed by atoms with Crippen LogP contribution in [0, 0.1) is 17.0 Å². The predicted molar refractivity (Wildman–Crippen MR) is 109 cm³/mol. The van der Waals surface area contributed by atoms with Crippen LogP contribution in [0.1, 0.15) is 18.0 Å². The largest absolute Gasteiger partial charge is 0.339 e. The van der Waals surface area contributed by atoms with Crippen LogP contribution < -0.4 is 5.32 Å². The normalized spacial score (nSPS) is 10.7. The van der Waals surface area contributed by atoms with Gasteiger partial charge in [-0.1, -0.05) is 11.2 Å². The van der Waals surface area contributed by atoms with Gasteiger partial charge in [-0.25, -0.2) is 4.68 Å². The van der Waals surface area contributed by atoms with Crippen molar-refractivity contribution in [3.63, 3.8) is 0 Å². The van der Waals surface area contributed by atoms with Crippen molar-refractivity contribution in [2.75, 3.05) is 5.32 Å². The zero-order valence-corrected chi connectivity index (χ0v) is 16.4. The van der Waals surface area contributed by atoms with Crippen LogP contribution in [0.2, 0.25) is 0 Å². The van der Waals surface area contributed by atoms with Crippen LogP contribution in [0.15, 0.2) is 59.3 Å². The minimum atomic E-state index is -0.475. The Morgan fingerprint density at radius 1 is 1.23 bits per heavy atom. The predicted octanol–water partition coefficient (Wildman–Crippen LogP) is 3.11. The van der Waals surface area contributed by atoms with Crippen molar-refractivity contribution in [2.45, 2.75) is 19.8 Å². The maximum atomic E-state index is 12.5. The summed E-state index contributed by atoms with van der Waals surface area (Å²) in [6, 6.07) is 13.0. The van der Waals surface area contributed by atoms with Gasteiger partial charge in [0, 0.05) is 37.2 Å². The van der Waals surface area contributed by atoms with E-state index in [-0.39, 0.29) is 24.4 Å². The van der Waals surface area contributed by atoms with Gasteiger partial charge in [0.15, 0.2) is 0 Å². The fraction of sp³-hybridized carbons (Fsp3) is 0.150. The van der Waals surface area contributed by atoms with Gasteiger partial charge in [-0.3, -0.25) is 19.9 Å². The molecule has 0 fully saturated rings. The van der Waals surface area contributed by atoms with Gasteiger partial charge in [-0.15, -0.1) is 0 Å². The first-order chi connectivity index (χ1) is 15.0. The number of carbonyl (C=O) groups excluding carboxylic acids is 1. The number of amides is 1. The van der Waals surface area contributed by atoms with E-state index in [4.69, 9.17) is 4.52 Å². The summed E-state index contributed by atoms with van der Waals surface area (Å²) in [7, 11) is 0. The third kappa shape index (κ3) is 4.61. The number of hydrogen-bond donors (Lipinski definition) is 1. The van der Waals surface area contributed by atoms with Gasteiger partial charge in [-0.05, 0) is 31.2 Å². The molecular formula is C20H17N7O4. The molecule has 31 heavy (non-hydrogen) atoms. The van der Waals surface area contributed by atoms with E-state index in [0.717, 1.165) is 0 Å². The lowest BCUT2D eigenvalue weighted by Gasteiger charge is -2.08. The Morgan fingerprint density at radius 3 is 2.74 bits per heavy atom. The van der Waals surface area contributed by atoms with Gasteiger partial charge in [0.2, 0.25) is 17.6 Å². The number of non-ortho nitro benzene ring substituents is 1. The van der Waals surface area contributed by atoms with Crippen molar-refractivity contribution in [3.05, 3.63) is 76.4 Å². The van der Waals surface area contributed by atoms with E-state index in [1.807, 2.05) is 6.07 Å². The molecule has 0 unspecified atom stereocenters. The number of nitro groups is 1. The molecule has 11 nitrogen and oxygen atoms in total. The number of aryl methyl sites for hydroxylation is 2. The Bertz CT molecular complexity index is 1220. The van der Waals surface area contributed by atoms with E-state index in [0.29, 0.717) is 34.6 Å². The Labute approximate surface area is 175 Å². The average molecular weight is 419 g/mol. The van der Waals surface area contributed by atoms with Crippen molar-refractivity contribution in [1.29, 1.82) is 0 Å². The van der Waals surface area contributed by atoms with E-state index in [9.17, 15) is 14.9 Å². The van der Waals surface area contributed by atoms with Gasteiger partial charge in [0.1, 0.15) is 11.5 Å². The molecule has 0 spiro atoms.